The average molecular weight is 351 g/mol. The fraction of sp³-hybridized carbons (Fsp3) is 1.00. The van der Waals surface area contributed by atoms with Crippen LogP contribution >= 0.6 is 11.6 Å². The Balaban J connectivity index is 3.60. The highest BCUT2D eigenvalue weighted by Gasteiger charge is 2.28. The molecule has 0 aliphatic rings. The highest BCUT2D eigenvalue weighted by atomic mass is 35.5. The van der Waals surface area contributed by atoms with Crippen LogP contribution in [-0.4, -0.2) is 32.2 Å². The molecule has 0 saturated carbocycles. The third-order valence-electron chi connectivity index (χ3n) is 4.87. The number of hydrogen-bond acceptors (Lipinski definition) is 3. The van der Waals surface area contributed by atoms with Crippen LogP contribution in [0.15, 0.2) is 0 Å². The van der Waals surface area contributed by atoms with Gasteiger partial charge in [0, 0.05) is 32.6 Å². The molecule has 0 bridgehead atoms. The molecule has 0 aliphatic carbocycles. The van der Waals surface area contributed by atoms with E-state index in [1.54, 1.807) is 21.3 Å². The molecular formula is C19H39ClO3. The van der Waals surface area contributed by atoms with Gasteiger partial charge in [0.1, 0.15) is 0 Å². The van der Waals surface area contributed by atoms with Crippen molar-refractivity contribution in [3.8, 4) is 0 Å². The maximum absolute atomic E-state index is 6.65. The molecule has 0 aromatic carbocycles. The molecule has 4 heteroatoms. The van der Waals surface area contributed by atoms with Crippen LogP contribution in [0.1, 0.15) is 90.9 Å². The summed E-state index contributed by atoms with van der Waals surface area (Å²) >= 11 is 6.65. The van der Waals surface area contributed by atoms with E-state index < -0.39 is 5.97 Å². The maximum Gasteiger partial charge on any atom is 0.282 e. The molecule has 0 aromatic heterocycles. The van der Waals surface area contributed by atoms with Crippen molar-refractivity contribution in [1.29, 1.82) is 0 Å². The summed E-state index contributed by atoms with van der Waals surface area (Å²) in [5, 5.41) is 0. The van der Waals surface area contributed by atoms with Crippen LogP contribution in [0.3, 0.4) is 0 Å². The second-order valence-corrected chi connectivity index (χ2v) is 7.33. The summed E-state index contributed by atoms with van der Waals surface area (Å²) < 4.78 is 15.9. The van der Waals surface area contributed by atoms with Crippen molar-refractivity contribution in [2.45, 2.75) is 102 Å². The van der Waals surface area contributed by atoms with E-state index in [4.69, 9.17) is 25.8 Å². The number of hydrogen-bond donors (Lipinski definition) is 0. The van der Waals surface area contributed by atoms with Crippen LogP contribution in [0.2, 0.25) is 0 Å². The first-order valence-corrected chi connectivity index (χ1v) is 9.73. The van der Waals surface area contributed by atoms with Crippen LogP contribution in [0, 0.1) is 0 Å². The zero-order valence-electron chi connectivity index (χ0n) is 16.1. The Labute approximate surface area is 149 Å². The molecule has 1 atom stereocenters. The molecule has 140 valence electrons. The minimum Gasteiger partial charge on any atom is -0.331 e. The monoisotopic (exact) mass is 350 g/mol. The van der Waals surface area contributed by atoms with E-state index in [-0.39, 0.29) is 4.87 Å². The summed E-state index contributed by atoms with van der Waals surface area (Å²) in [6.45, 7) is 4.43. The predicted octanol–water partition coefficient (Wildman–Crippen LogP) is 6.28. The van der Waals surface area contributed by atoms with Crippen molar-refractivity contribution < 1.29 is 14.2 Å². The summed E-state index contributed by atoms with van der Waals surface area (Å²) in [7, 11) is 4.87. The molecule has 0 amide bonds. The largest absolute Gasteiger partial charge is 0.331 e. The quantitative estimate of drug-likeness (QED) is 0.186. The van der Waals surface area contributed by atoms with E-state index in [2.05, 4.69) is 13.8 Å². The first-order valence-electron chi connectivity index (χ1n) is 9.35. The molecule has 23 heavy (non-hydrogen) atoms. The van der Waals surface area contributed by atoms with Crippen molar-refractivity contribution in [3.05, 3.63) is 0 Å². The van der Waals surface area contributed by atoms with Gasteiger partial charge in [-0.1, -0.05) is 58.8 Å². The van der Waals surface area contributed by atoms with Crippen LogP contribution in [0.25, 0.3) is 0 Å². The highest BCUT2D eigenvalue weighted by Crippen LogP contribution is 2.32. The van der Waals surface area contributed by atoms with Crippen LogP contribution < -0.4 is 0 Å². The molecule has 1 unspecified atom stereocenters. The van der Waals surface area contributed by atoms with E-state index in [0.717, 1.165) is 32.1 Å². The predicted molar refractivity (Wildman–Crippen MR) is 99.1 cm³/mol. The molecule has 0 saturated heterocycles. The topological polar surface area (TPSA) is 27.7 Å². The molecular weight excluding hydrogens is 312 g/mol. The van der Waals surface area contributed by atoms with Crippen molar-refractivity contribution in [2.24, 2.45) is 0 Å². The Kier molecular flexibility index (Phi) is 13.6. The van der Waals surface area contributed by atoms with Gasteiger partial charge in [0.25, 0.3) is 5.97 Å². The summed E-state index contributed by atoms with van der Waals surface area (Å²) in [6, 6.07) is 0. The maximum atomic E-state index is 6.65. The molecule has 3 nitrogen and oxygen atoms in total. The Morgan fingerprint density at radius 2 is 1.09 bits per heavy atom. The molecule has 0 aliphatic heterocycles. The van der Waals surface area contributed by atoms with Gasteiger partial charge in [0.2, 0.25) is 0 Å². The molecule has 0 rings (SSSR count). The second kappa shape index (κ2) is 13.5. The lowest BCUT2D eigenvalue weighted by Crippen LogP contribution is -2.35. The van der Waals surface area contributed by atoms with Crippen LogP contribution in [0.5, 0.6) is 0 Å². The van der Waals surface area contributed by atoms with Crippen molar-refractivity contribution in [2.75, 3.05) is 21.3 Å². The first kappa shape index (κ1) is 23.2. The molecule has 0 radical (unpaired) electrons. The Morgan fingerprint density at radius 1 is 0.652 bits per heavy atom. The average Bonchev–Trinajstić information content (AvgIpc) is 2.57. The van der Waals surface area contributed by atoms with E-state index in [9.17, 15) is 0 Å². The van der Waals surface area contributed by atoms with Crippen molar-refractivity contribution >= 4 is 11.6 Å². The number of unbranched alkanes of at least 4 members (excludes halogenated alkanes) is 6. The van der Waals surface area contributed by atoms with Gasteiger partial charge in [-0.3, -0.25) is 0 Å². The minimum absolute atomic E-state index is 0.0541. The lowest BCUT2D eigenvalue weighted by molar-refractivity contribution is -0.355. The molecule has 0 heterocycles. The molecule has 0 fully saturated rings. The number of rotatable bonds is 16. The second-order valence-electron chi connectivity index (χ2n) is 6.52. The SMILES string of the molecule is CCCC(Cl)(CC)CCCCCCCCCC(OC)(OC)OC. The first-order chi connectivity index (χ1) is 11.0. The van der Waals surface area contributed by atoms with E-state index in [1.165, 1.54) is 44.9 Å². The van der Waals surface area contributed by atoms with Gasteiger partial charge in [-0.25, -0.2) is 0 Å². The fourth-order valence-electron chi connectivity index (χ4n) is 3.15. The van der Waals surface area contributed by atoms with Gasteiger partial charge >= 0.3 is 0 Å². The lowest BCUT2D eigenvalue weighted by atomic mass is 9.92. The van der Waals surface area contributed by atoms with E-state index in [0.29, 0.717) is 0 Å². The highest BCUT2D eigenvalue weighted by molar-refractivity contribution is 6.23. The van der Waals surface area contributed by atoms with E-state index >= 15 is 0 Å². The smallest absolute Gasteiger partial charge is 0.282 e. The third kappa shape index (κ3) is 9.91. The summed E-state index contributed by atoms with van der Waals surface area (Å²) in [5.41, 5.74) is 0. The summed E-state index contributed by atoms with van der Waals surface area (Å²) in [5.74, 6) is -0.858. The van der Waals surface area contributed by atoms with Crippen LogP contribution in [0.4, 0.5) is 0 Å². The molecule has 0 aromatic rings. The summed E-state index contributed by atoms with van der Waals surface area (Å²) in [6.07, 6.45) is 14.1. The van der Waals surface area contributed by atoms with Crippen molar-refractivity contribution in [1.82, 2.24) is 0 Å². The Hall–Kier alpha value is 0.170. The standard InChI is InChI=1S/C19H39ClO3/c1-6-15-18(20,7-2)16-13-11-9-8-10-12-14-17-19(21-3,22-4)23-5/h6-17H2,1-5H3. The number of alkyl halides is 1. The van der Waals surface area contributed by atoms with Crippen LogP contribution in [-0.2, 0) is 14.2 Å². The van der Waals surface area contributed by atoms with Gasteiger partial charge in [-0.05, 0) is 25.7 Å². The fourth-order valence-corrected chi connectivity index (χ4v) is 3.47. The summed E-state index contributed by atoms with van der Waals surface area (Å²) in [4.78, 5) is 0.0541. The zero-order valence-corrected chi connectivity index (χ0v) is 16.8. The molecule has 0 N–H and O–H groups in total. The van der Waals surface area contributed by atoms with Gasteiger partial charge in [-0.2, -0.15) is 0 Å². The Morgan fingerprint density at radius 3 is 1.48 bits per heavy atom. The number of methoxy groups -OCH3 is 3. The number of halogens is 1. The lowest BCUT2D eigenvalue weighted by Gasteiger charge is -2.28. The zero-order chi connectivity index (χ0) is 17.6. The van der Waals surface area contributed by atoms with Gasteiger partial charge < -0.3 is 14.2 Å². The van der Waals surface area contributed by atoms with Gasteiger partial charge in [0.15, 0.2) is 0 Å². The third-order valence-corrected chi connectivity index (χ3v) is 5.52. The number of ether oxygens (including phenoxy) is 3. The Bertz CT molecular complexity index is 261. The molecule has 0 spiro atoms. The minimum atomic E-state index is -0.858. The van der Waals surface area contributed by atoms with Gasteiger partial charge in [-0.15, -0.1) is 11.6 Å². The van der Waals surface area contributed by atoms with Gasteiger partial charge in [0.05, 0.1) is 0 Å². The normalized spacial score (nSPS) is 14.9. The van der Waals surface area contributed by atoms with Crippen molar-refractivity contribution in [3.63, 3.8) is 0 Å². The van der Waals surface area contributed by atoms with E-state index in [1.807, 2.05) is 0 Å².